The van der Waals surface area contributed by atoms with Crippen LogP contribution in [-0.4, -0.2) is 6.04 Å². The molecule has 0 fully saturated rings. The predicted molar refractivity (Wildman–Crippen MR) is 86.8 cm³/mol. The third kappa shape index (κ3) is 4.55. The van der Waals surface area contributed by atoms with E-state index < -0.39 is 0 Å². The lowest BCUT2D eigenvalue weighted by atomic mass is 10.0. The number of rotatable bonds is 6. The summed E-state index contributed by atoms with van der Waals surface area (Å²) in [6.07, 6.45) is 1.46. The second-order valence-corrected chi connectivity index (χ2v) is 5.86. The van der Waals surface area contributed by atoms with Gasteiger partial charge in [-0.2, -0.15) is 0 Å². The van der Waals surface area contributed by atoms with E-state index >= 15 is 0 Å². The highest BCUT2D eigenvalue weighted by Crippen LogP contribution is 2.24. The van der Waals surface area contributed by atoms with Gasteiger partial charge in [-0.3, -0.25) is 0 Å². The van der Waals surface area contributed by atoms with Crippen molar-refractivity contribution in [3.63, 3.8) is 0 Å². The average Bonchev–Trinajstić information content (AvgIpc) is 2.48. The highest BCUT2D eigenvalue weighted by Gasteiger charge is 2.10. The Bertz CT molecular complexity index is 603. The molecule has 0 saturated heterocycles. The molecule has 0 radical (unpaired) electrons. The van der Waals surface area contributed by atoms with Gasteiger partial charge in [-0.1, -0.05) is 41.1 Å². The third-order valence-electron chi connectivity index (χ3n) is 3.37. The minimum absolute atomic E-state index is 0.0117. The first-order valence-electron chi connectivity index (χ1n) is 7.00. The van der Waals surface area contributed by atoms with Gasteiger partial charge in [-0.25, -0.2) is 4.39 Å². The molecule has 0 aromatic heterocycles. The lowest BCUT2D eigenvalue weighted by Gasteiger charge is -2.15. The summed E-state index contributed by atoms with van der Waals surface area (Å²) in [5.41, 5.74) is 7.83. The summed E-state index contributed by atoms with van der Waals surface area (Å²) in [4.78, 5) is 0. The minimum atomic E-state index is -0.262. The zero-order valence-corrected chi connectivity index (χ0v) is 13.6. The van der Waals surface area contributed by atoms with Crippen molar-refractivity contribution in [3.8, 4) is 5.75 Å². The summed E-state index contributed by atoms with van der Waals surface area (Å²) < 4.78 is 20.3. The summed E-state index contributed by atoms with van der Waals surface area (Å²) in [6, 6.07) is 12.5. The molecule has 0 aliphatic rings. The molecule has 112 valence electrons. The summed E-state index contributed by atoms with van der Waals surface area (Å²) in [6.45, 7) is 2.45. The molecule has 2 rings (SSSR count). The number of halogens is 2. The highest BCUT2D eigenvalue weighted by atomic mass is 79.9. The Labute approximate surface area is 133 Å². The third-order valence-corrected chi connectivity index (χ3v) is 4.14. The van der Waals surface area contributed by atoms with Gasteiger partial charge in [0, 0.05) is 16.1 Å². The standard InChI is InChI=1S/C17H19BrFNO/c1-2-15(20)10-13-9-14(19)7-8-17(13)21-11-12-5-3-4-6-16(12)18/h3-9,15H,2,10-11,20H2,1H3. The minimum Gasteiger partial charge on any atom is -0.489 e. The van der Waals surface area contributed by atoms with E-state index in [2.05, 4.69) is 15.9 Å². The monoisotopic (exact) mass is 351 g/mol. The summed E-state index contributed by atoms with van der Waals surface area (Å²) in [5, 5.41) is 0. The lowest BCUT2D eigenvalue weighted by Crippen LogP contribution is -2.21. The van der Waals surface area contributed by atoms with Crippen molar-refractivity contribution in [2.45, 2.75) is 32.4 Å². The number of hydrogen-bond donors (Lipinski definition) is 1. The Kier molecular flexibility index (Phi) is 5.76. The molecule has 0 bridgehead atoms. The first-order valence-corrected chi connectivity index (χ1v) is 7.79. The molecule has 0 aliphatic heterocycles. The van der Waals surface area contributed by atoms with E-state index in [1.165, 1.54) is 12.1 Å². The molecule has 21 heavy (non-hydrogen) atoms. The molecule has 1 unspecified atom stereocenters. The van der Waals surface area contributed by atoms with Gasteiger partial charge in [0.1, 0.15) is 18.2 Å². The normalized spacial score (nSPS) is 12.2. The van der Waals surface area contributed by atoms with Gasteiger partial charge in [0.15, 0.2) is 0 Å². The molecule has 0 heterocycles. The molecule has 2 N–H and O–H groups in total. The van der Waals surface area contributed by atoms with Crippen LogP contribution in [0.3, 0.4) is 0 Å². The smallest absolute Gasteiger partial charge is 0.123 e. The number of ether oxygens (including phenoxy) is 1. The maximum atomic E-state index is 13.4. The van der Waals surface area contributed by atoms with Gasteiger partial charge in [-0.05, 0) is 42.7 Å². The maximum Gasteiger partial charge on any atom is 0.123 e. The first kappa shape index (κ1) is 16.0. The number of nitrogens with two attached hydrogens (primary N) is 1. The predicted octanol–water partition coefficient (Wildman–Crippen LogP) is 4.45. The van der Waals surface area contributed by atoms with E-state index in [9.17, 15) is 4.39 Å². The maximum absolute atomic E-state index is 13.4. The Morgan fingerprint density at radius 1 is 1.19 bits per heavy atom. The van der Waals surface area contributed by atoms with Crippen LogP contribution in [0.5, 0.6) is 5.75 Å². The van der Waals surface area contributed by atoms with Gasteiger partial charge >= 0.3 is 0 Å². The van der Waals surface area contributed by atoms with E-state index in [-0.39, 0.29) is 11.9 Å². The molecule has 1 atom stereocenters. The molecule has 2 nitrogen and oxygen atoms in total. The fourth-order valence-electron chi connectivity index (χ4n) is 2.05. The van der Waals surface area contributed by atoms with Crippen LogP contribution >= 0.6 is 15.9 Å². The molecule has 0 amide bonds. The molecule has 2 aromatic rings. The Morgan fingerprint density at radius 3 is 2.67 bits per heavy atom. The van der Waals surface area contributed by atoms with Gasteiger partial charge in [0.2, 0.25) is 0 Å². The van der Waals surface area contributed by atoms with Crippen LogP contribution in [0.25, 0.3) is 0 Å². The van der Waals surface area contributed by atoms with Crippen LogP contribution < -0.4 is 10.5 Å². The topological polar surface area (TPSA) is 35.2 Å². The Hall–Kier alpha value is -1.39. The van der Waals surface area contributed by atoms with Crippen LogP contribution in [0, 0.1) is 5.82 Å². The summed E-state index contributed by atoms with van der Waals surface area (Å²) in [5.74, 6) is 0.428. The summed E-state index contributed by atoms with van der Waals surface area (Å²) in [7, 11) is 0. The van der Waals surface area contributed by atoms with E-state index in [1.807, 2.05) is 31.2 Å². The summed E-state index contributed by atoms with van der Waals surface area (Å²) >= 11 is 3.49. The zero-order valence-electron chi connectivity index (χ0n) is 12.0. The van der Waals surface area contributed by atoms with Gasteiger partial charge < -0.3 is 10.5 Å². The van der Waals surface area contributed by atoms with Crippen molar-refractivity contribution in [1.82, 2.24) is 0 Å². The van der Waals surface area contributed by atoms with Crippen LogP contribution in [0.15, 0.2) is 46.9 Å². The average molecular weight is 352 g/mol. The van der Waals surface area contributed by atoms with Crippen molar-refractivity contribution in [1.29, 1.82) is 0 Å². The van der Waals surface area contributed by atoms with Crippen LogP contribution in [0.4, 0.5) is 4.39 Å². The second-order valence-electron chi connectivity index (χ2n) is 5.00. The highest BCUT2D eigenvalue weighted by molar-refractivity contribution is 9.10. The number of benzene rings is 2. The van der Waals surface area contributed by atoms with E-state index in [0.717, 1.165) is 22.0 Å². The van der Waals surface area contributed by atoms with Crippen LogP contribution in [0.2, 0.25) is 0 Å². The quantitative estimate of drug-likeness (QED) is 0.834. The van der Waals surface area contributed by atoms with Crippen molar-refractivity contribution in [3.05, 3.63) is 63.9 Å². The van der Waals surface area contributed by atoms with E-state index in [1.54, 1.807) is 6.07 Å². The van der Waals surface area contributed by atoms with E-state index in [0.29, 0.717) is 18.8 Å². The van der Waals surface area contributed by atoms with Gasteiger partial charge in [0.05, 0.1) is 0 Å². The van der Waals surface area contributed by atoms with Crippen LogP contribution in [-0.2, 0) is 13.0 Å². The number of hydrogen-bond acceptors (Lipinski definition) is 2. The Morgan fingerprint density at radius 2 is 1.95 bits per heavy atom. The molecule has 4 heteroatoms. The molecule has 0 saturated carbocycles. The second kappa shape index (κ2) is 7.57. The Balaban J connectivity index is 2.14. The molecule has 0 aliphatic carbocycles. The fourth-order valence-corrected chi connectivity index (χ4v) is 2.45. The van der Waals surface area contributed by atoms with Crippen molar-refractivity contribution in [2.24, 2.45) is 5.73 Å². The molecular weight excluding hydrogens is 333 g/mol. The fraction of sp³-hybridized carbons (Fsp3) is 0.294. The molecule has 0 spiro atoms. The largest absolute Gasteiger partial charge is 0.489 e. The van der Waals surface area contributed by atoms with Crippen LogP contribution in [0.1, 0.15) is 24.5 Å². The SMILES string of the molecule is CCC(N)Cc1cc(F)ccc1OCc1ccccc1Br. The zero-order chi connectivity index (χ0) is 15.2. The first-order chi connectivity index (χ1) is 10.1. The van der Waals surface area contributed by atoms with Gasteiger partial charge in [0.25, 0.3) is 0 Å². The van der Waals surface area contributed by atoms with Crippen molar-refractivity contribution in [2.75, 3.05) is 0 Å². The van der Waals surface area contributed by atoms with Crippen molar-refractivity contribution < 1.29 is 9.13 Å². The van der Waals surface area contributed by atoms with Gasteiger partial charge in [-0.15, -0.1) is 0 Å². The lowest BCUT2D eigenvalue weighted by molar-refractivity contribution is 0.301. The molecular formula is C17H19BrFNO. The molecule has 2 aromatic carbocycles. The van der Waals surface area contributed by atoms with E-state index in [4.69, 9.17) is 10.5 Å². The van der Waals surface area contributed by atoms with Crippen molar-refractivity contribution >= 4 is 15.9 Å².